The molecule has 202 valence electrons. The van der Waals surface area contributed by atoms with Gasteiger partial charge in [-0.3, -0.25) is 14.4 Å². The molecule has 3 aliphatic rings. The fraction of sp³-hybridized carbons (Fsp3) is 0.542. The van der Waals surface area contributed by atoms with Crippen LogP contribution in [0.2, 0.25) is 0 Å². The Balaban J connectivity index is 1.82. The average molecular weight is 528 g/mol. The number of hydrogen-bond acceptors (Lipinski definition) is 8. The number of aldehydes is 1. The summed E-state index contributed by atoms with van der Waals surface area (Å²) in [6.45, 7) is -2.01. The van der Waals surface area contributed by atoms with Crippen molar-refractivity contribution in [2.24, 2.45) is 0 Å². The molecule has 1 fully saturated rings. The number of methoxy groups -OCH3 is 1. The Morgan fingerprint density at radius 3 is 2.68 bits per heavy atom. The highest BCUT2D eigenvalue weighted by Crippen LogP contribution is 2.51. The lowest BCUT2D eigenvalue weighted by Gasteiger charge is -2.41. The molecule has 3 N–H and O–H groups in total. The molecule has 13 heteroatoms. The molecule has 0 radical (unpaired) electrons. The number of nitrogens with zero attached hydrogens (tertiary/aromatic N) is 1. The van der Waals surface area contributed by atoms with Crippen molar-refractivity contribution in [2.75, 3.05) is 33.4 Å². The molecule has 2 heterocycles. The Hall–Kier alpha value is -3.16. The number of aliphatic hydroxyl groups is 2. The van der Waals surface area contributed by atoms with Gasteiger partial charge in [0.1, 0.15) is 31.1 Å². The van der Waals surface area contributed by atoms with Crippen LogP contribution in [0.4, 0.5) is 13.2 Å². The molecule has 10 nitrogen and oxygen atoms in total. The summed E-state index contributed by atoms with van der Waals surface area (Å²) < 4.78 is 57.3. The van der Waals surface area contributed by atoms with Crippen LogP contribution in [0.25, 0.3) is 0 Å². The predicted molar refractivity (Wildman–Crippen MR) is 120 cm³/mol. The van der Waals surface area contributed by atoms with E-state index < -0.39 is 61.4 Å². The molecule has 1 unspecified atom stereocenters. The van der Waals surface area contributed by atoms with E-state index in [1.54, 1.807) is 0 Å². The summed E-state index contributed by atoms with van der Waals surface area (Å²) in [5.41, 5.74) is 0.436. The second-order valence-corrected chi connectivity index (χ2v) is 8.99. The van der Waals surface area contributed by atoms with Gasteiger partial charge in [0.15, 0.2) is 11.5 Å². The molecule has 1 aliphatic carbocycles. The zero-order valence-electron chi connectivity index (χ0n) is 19.9. The molecule has 5 atom stereocenters. The predicted octanol–water partition coefficient (Wildman–Crippen LogP) is 0.700. The van der Waals surface area contributed by atoms with Gasteiger partial charge in [-0.2, -0.15) is 13.2 Å². The molecular formula is C24H27F3N2O8. The van der Waals surface area contributed by atoms with E-state index in [4.69, 9.17) is 19.3 Å². The van der Waals surface area contributed by atoms with Crippen LogP contribution in [0.1, 0.15) is 34.7 Å². The Bertz CT molecular complexity index is 1090. The van der Waals surface area contributed by atoms with E-state index >= 15 is 0 Å². The first kappa shape index (κ1) is 26.9. The number of amides is 2. The summed E-state index contributed by atoms with van der Waals surface area (Å²) in [7, 11) is 1.32. The molecule has 0 aromatic heterocycles. The first-order chi connectivity index (χ1) is 17.6. The van der Waals surface area contributed by atoms with Crippen LogP contribution >= 0.6 is 0 Å². The number of nitrogens with one attached hydrogen (secondary N) is 1. The van der Waals surface area contributed by atoms with Gasteiger partial charge < -0.3 is 34.6 Å². The minimum Gasteiger partial charge on any atom is -0.493 e. The first-order valence-electron chi connectivity index (χ1n) is 11.7. The molecular weight excluding hydrogens is 501 g/mol. The van der Waals surface area contributed by atoms with Crippen molar-refractivity contribution in [3.63, 3.8) is 0 Å². The van der Waals surface area contributed by atoms with Gasteiger partial charge in [-0.15, -0.1) is 0 Å². The molecule has 4 rings (SSSR count). The van der Waals surface area contributed by atoms with Crippen LogP contribution in [0, 0.1) is 0 Å². The van der Waals surface area contributed by atoms with E-state index in [-0.39, 0.29) is 42.2 Å². The van der Waals surface area contributed by atoms with Gasteiger partial charge in [0, 0.05) is 29.9 Å². The number of carbonyl (C=O) groups is 3. The van der Waals surface area contributed by atoms with Crippen LogP contribution in [-0.4, -0.2) is 97.2 Å². The fourth-order valence-electron chi connectivity index (χ4n) is 5.04. The minimum atomic E-state index is -4.81. The molecule has 37 heavy (non-hydrogen) atoms. The molecule has 1 aromatic carbocycles. The third-order valence-corrected chi connectivity index (χ3v) is 6.61. The highest BCUT2D eigenvalue weighted by molar-refractivity contribution is 5.96. The molecule has 1 saturated heterocycles. The third-order valence-electron chi connectivity index (χ3n) is 6.61. The molecule has 2 amide bonds. The Morgan fingerprint density at radius 2 is 2.08 bits per heavy atom. The van der Waals surface area contributed by atoms with Crippen molar-refractivity contribution >= 4 is 18.1 Å². The Kier molecular flexibility index (Phi) is 7.76. The maximum atomic E-state index is 13.6. The summed E-state index contributed by atoms with van der Waals surface area (Å²) >= 11 is 0. The van der Waals surface area contributed by atoms with E-state index in [9.17, 15) is 32.7 Å². The summed E-state index contributed by atoms with van der Waals surface area (Å²) in [4.78, 5) is 38.2. The Labute approximate surface area is 210 Å². The van der Waals surface area contributed by atoms with E-state index in [1.807, 2.05) is 0 Å². The number of halogens is 3. The normalized spacial score (nSPS) is 26.4. The van der Waals surface area contributed by atoms with E-state index in [1.165, 1.54) is 19.2 Å². The number of alkyl halides is 3. The number of aliphatic hydroxyl groups excluding tert-OH is 2. The lowest BCUT2D eigenvalue weighted by atomic mass is 9.77. The largest absolute Gasteiger partial charge is 0.493 e. The van der Waals surface area contributed by atoms with Gasteiger partial charge in [0.05, 0.1) is 25.7 Å². The second kappa shape index (κ2) is 10.7. The summed E-state index contributed by atoms with van der Waals surface area (Å²) in [5, 5.41) is 22.9. The van der Waals surface area contributed by atoms with Crippen molar-refractivity contribution in [3.05, 3.63) is 34.9 Å². The summed E-state index contributed by atoms with van der Waals surface area (Å²) in [5.74, 6) is -2.42. The standard InChI is InChI=1S/C24H27F3N2O8/c1-35-17-8-12(10-31)7-13-18-14(22(33)28-4-5-30)9-15(19(32)21(18)37-20(13)17)29(11-24(25,26)27)23(34)16-3-2-6-36-16/h7-10,15-16,18-19,21,30,32H,2-6,11H2,1H3,(H,28,33)/t15-,16?,18+,19+,21+/m1/s1. The SMILES string of the molecule is COc1cc(C=O)cc2c1O[C@@H]1[C@@H](O)[C@H](N(CC(F)(F)F)C(=O)C3CCCO3)C=C(C(=O)NCCO)[C@H]21. The maximum Gasteiger partial charge on any atom is 0.406 e. The number of fused-ring (bicyclic) bond motifs is 3. The zero-order valence-corrected chi connectivity index (χ0v) is 19.9. The monoisotopic (exact) mass is 528 g/mol. The number of carbonyl (C=O) groups excluding carboxylic acids is 3. The lowest BCUT2D eigenvalue weighted by Crippen LogP contribution is -2.59. The zero-order chi connectivity index (χ0) is 26.9. The average Bonchev–Trinajstić information content (AvgIpc) is 3.53. The van der Waals surface area contributed by atoms with Gasteiger partial charge in [-0.25, -0.2) is 0 Å². The van der Waals surface area contributed by atoms with E-state index in [0.717, 1.165) is 6.08 Å². The fourth-order valence-corrected chi connectivity index (χ4v) is 5.04. The molecule has 1 aromatic rings. The van der Waals surface area contributed by atoms with Gasteiger partial charge in [0.25, 0.3) is 5.91 Å². The lowest BCUT2D eigenvalue weighted by molar-refractivity contribution is -0.175. The van der Waals surface area contributed by atoms with Gasteiger partial charge in [-0.05, 0) is 31.1 Å². The van der Waals surface area contributed by atoms with Crippen molar-refractivity contribution in [1.29, 1.82) is 0 Å². The van der Waals surface area contributed by atoms with Crippen LogP contribution < -0.4 is 14.8 Å². The molecule has 0 bridgehead atoms. The summed E-state index contributed by atoms with van der Waals surface area (Å²) in [6, 6.07) is 1.25. The van der Waals surface area contributed by atoms with Crippen LogP contribution in [-0.2, 0) is 14.3 Å². The van der Waals surface area contributed by atoms with E-state index in [2.05, 4.69) is 5.32 Å². The van der Waals surface area contributed by atoms with Crippen molar-refractivity contribution in [2.45, 2.75) is 49.3 Å². The van der Waals surface area contributed by atoms with Crippen molar-refractivity contribution in [3.8, 4) is 11.5 Å². The first-order valence-corrected chi connectivity index (χ1v) is 11.7. The molecule has 0 saturated carbocycles. The number of hydrogen-bond donors (Lipinski definition) is 3. The molecule has 2 aliphatic heterocycles. The smallest absolute Gasteiger partial charge is 0.406 e. The maximum absolute atomic E-state index is 13.6. The van der Waals surface area contributed by atoms with Crippen molar-refractivity contribution < 1.29 is 52.0 Å². The second-order valence-electron chi connectivity index (χ2n) is 8.99. The number of rotatable bonds is 8. The number of benzene rings is 1. The topological polar surface area (TPSA) is 135 Å². The van der Waals surface area contributed by atoms with Crippen LogP contribution in [0.3, 0.4) is 0 Å². The van der Waals surface area contributed by atoms with Gasteiger partial charge in [-0.1, -0.05) is 0 Å². The third kappa shape index (κ3) is 5.29. The van der Waals surface area contributed by atoms with Gasteiger partial charge >= 0.3 is 6.18 Å². The minimum absolute atomic E-state index is 0.0788. The quantitative estimate of drug-likeness (QED) is 0.420. The Morgan fingerprint density at radius 1 is 1.32 bits per heavy atom. The van der Waals surface area contributed by atoms with E-state index in [0.29, 0.717) is 23.2 Å². The number of ether oxygens (including phenoxy) is 3. The summed E-state index contributed by atoms with van der Waals surface area (Å²) in [6.07, 6.45) is -6.47. The van der Waals surface area contributed by atoms with Crippen molar-refractivity contribution in [1.82, 2.24) is 10.2 Å². The molecule has 0 spiro atoms. The van der Waals surface area contributed by atoms with Crippen LogP contribution in [0.5, 0.6) is 11.5 Å². The highest BCUT2D eigenvalue weighted by Gasteiger charge is 2.53. The van der Waals surface area contributed by atoms with Crippen LogP contribution in [0.15, 0.2) is 23.8 Å². The van der Waals surface area contributed by atoms with Gasteiger partial charge in [0.2, 0.25) is 5.91 Å². The highest BCUT2D eigenvalue weighted by atomic mass is 19.4.